The third-order valence-corrected chi connectivity index (χ3v) is 6.87. The van der Waals surface area contributed by atoms with Crippen LogP contribution in [-0.2, 0) is 20.0 Å². The van der Waals surface area contributed by atoms with Gasteiger partial charge in [-0.05, 0) is 42.5 Å². The van der Waals surface area contributed by atoms with Gasteiger partial charge in [0.1, 0.15) is 4.21 Å². The number of rotatable bonds is 5. The molecule has 2 N–H and O–H groups in total. The lowest BCUT2D eigenvalue weighted by molar-refractivity contribution is 0.558. The van der Waals surface area contributed by atoms with Gasteiger partial charge in [0.2, 0.25) is 0 Å². The van der Waals surface area contributed by atoms with E-state index in [0.717, 1.165) is 16.9 Å². The summed E-state index contributed by atoms with van der Waals surface area (Å²) in [6.45, 7) is 3.40. The topological polar surface area (TPSA) is 92.3 Å². The standard InChI is InChI=1S/C12H14N2O4S3/c1-9-5-6-10(2)11(8-9)20(15,16)13-14-21(17,18)12-4-3-7-19-12/h3-8,13-14H,1-2H3. The average molecular weight is 346 g/mol. The molecule has 0 bridgehead atoms. The molecule has 0 unspecified atom stereocenters. The van der Waals surface area contributed by atoms with E-state index < -0.39 is 20.0 Å². The van der Waals surface area contributed by atoms with Crippen molar-refractivity contribution in [1.29, 1.82) is 0 Å². The van der Waals surface area contributed by atoms with Crippen LogP contribution in [0.1, 0.15) is 11.1 Å². The van der Waals surface area contributed by atoms with E-state index in [2.05, 4.69) is 0 Å². The van der Waals surface area contributed by atoms with Crippen LogP contribution < -0.4 is 9.66 Å². The third kappa shape index (κ3) is 3.69. The van der Waals surface area contributed by atoms with Crippen molar-refractivity contribution in [2.75, 3.05) is 0 Å². The summed E-state index contributed by atoms with van der Waals surface area (Å²) in [5, 5.41) is 1.59. The minimum atomic E-state index is -3.97. The van der Waals surface area contributed by atoms with E-state index in [1.165, 1.54) is 12.1 Å². The molecule has 0 spiro atoms. The molecule has 0 radical (unpaired) electrons. The largest absolute Gasteiger partial charge is 0.263 e. The maximum absolute atomic E-state index is 12.2. The van der Waals surface area contributed by atoms with Gasteiger partial charge in [-0.3, -0.25) is 0 Å². The van der Waals surface area contributed by atoms with Crippen LogP contribution in [0.25, 0.3) is 0 Å². The number of hydrogen-bond acceptors (Lipinski definition) is 5. The van der Waals surface area contributed by atoms with Crippen molar-refractivity contribution < 1.29 is 16.8 Å². The summed E-state index contributed by atoms with van der Waals surface area (Å²) in [6.07, 6.45) is 0. The monoisotopic (exact) mass is 346 g/mol. The van der Waals surface area contributed by atoms with E-state index >= 15 is 0 Å². The molecule has 21 heavy (non-hydrogen) atoms. The van der Waals surface area contributed by atoms with Gasteiger partial charge in [0.05, 0.1) is 4.90 Å². The van der Waals surface area contributed by atoms with Crippen LogP contribution in [0.15, 0.2) is 44.8 Å². The second-order valence-corrected chi connectivity index (χ2v) is 8.92. The van der Waals surface area contributed by atoms with Crippen molar-refractivity contribution in [1.82, 2.24) is 9.66 Å². The maximum Gasteiger partial charge on any atom is 0.263 e. The molecule has 1 aromatic heterocycles. The first-order valence-corrected chi connectivity index (χ1v) is 9.71. The van der Waals surface area contributed by atoms with Gasteiger partial charge in [-0.1, -0.05) is 18.2 Å². The van der Waals surface area contributed by atoms with Crippen LogP contribution in [-0.4, -0.2) is 16.8 Å². The molecule has 0 aliphatic carbocycles. The molecule has 0 atom stereocenters. The van der Waals surface area contributed by atoms with Gasteiger partial charge in [0, 0.05) is 0 Å². The number of benzene rings is 1. The minimum Gasteiger partial charge on any atom is -0.206 e. The Morgan fingerprint density at radius 1 is 0.952 bits per heavy atom. The van der Waals surface area contributed by atoms with Gasteiger partial charge in [-0.2, -0.15) is 0 Å². The maximum atomic E-state index is 12.2. The number of hydrazine groups is 1. The van der Waals surface area contributed by atoms with Crippen molar-refractivity contribution in [2.45, 2.75) is 23.0 Å². The van der Waals surface area contributed by atoms with Gasteiger partial charge in [-0.15, -0.1) is 21.0 Å². The molecule has 0 saturated heterocycles. The molecule has 6 nitrogen and oxygen atoms in total. The number of nitrogens with one attached hydrogen (secondary N) is 2. The van der Waals surface area contributed by atoms with Crippen LogP contribution in [0.3, 0.4) is 0 Å². The predicted molar refractivity (Wildman–Crippen MR) is 80.9 cm³/mol. The van der Waals surface area contributed by atoms with E-state index in [1.807, 2.05) is 9.66 Å². The zero-order chi connectivity index (χ0) is 15.7. The Bertz CT molecular complexity index is 841. The lowest BCUT2D eigenvalue weighted by Gasteiger charge is -2.10. The third-order valence-electron chi connectivity index (χ3n) is 2.70. The zero-order valence-corrected chi connectivity index (χ0v) is 13.8. The van der Waals surface area contributed by atoms with E-state index in [-0.39, 0.29) is 9.10 Å². The molecule has 0 saturated carbocycles. The van der Waals surface area contributed by atoms with E-state index in [9.17, 15) is 16.8 Å². The molecule has 1 heterocycles. The lowest BCUT2D eigenvalue weighted by atomic mass is 10.2. The minimum absolute atomic E-state index is 0.0335. The highest BCUT2D eigenvalue weighted by atomic mass is 32.2. The highest BCUT2D eigenvalue weighted by Crippen LogP contribution is 2.17. The fourth-order valence-electron chi connectivity index (χ4n) is 1.63. The van der Waals surface area contributed by atoms with Crippen LogP contribution >= 0.6 is 11.3 Å². The Morgan fingerprint density at radius 2 is 1.62 bits per heavy atom. The second-order valence-electron chi connectivity index (χ2n) is 4.41. The summed E-state index contributed by atoms with van der Waals surface area (Å²) in [5.41, 5.74) is 1.30. The highest BCUT2D eigenvalue weighted by molar-refractivity contribution is 7.93. The van der Waals surface area contributed by atoms with Crippen LogP contribution in [0.2, 0.25) is 0 Å². The summed E-state index contributed by atoms with van der Waals surface area (Å²) in [5.74, 6) is 0. The number of hydrogen-bond donors (Lipinski definition) is 2. The Morgan fingerprint density at radius 3 is 2.24 bits per heavy atom. The van der Waals surface area contributed by atoms with Gasteiger partial charge < -0.3 is 0 Å². The molecule has 114 valence electrons. The smallest absolute Gasteiger partial charge is 0.206 e. The summed E-state index contributed by atoms with van der Waals surface area (Å²) >= 11 is 0.997. The summed E-state index contributed by atoms with van der Waals surface area (Å²) in [6, 6.07) is 7.89. The van der Waals surface area contributed by atoms with E-state index in [4.69, 9.17) is 0 Å². The molecule has 0 amide bonds. The SMILES string of the molecule is Cc1ccc(C)c(S(=O)(=O)NNS(=O)(=O)c2cccs2)c1. The molecule has 2 rings (SSSR count). The van der Waals surface area contributed by atoms with Crippen LogP contribution in [0, 0.1) is 13.8 Å². The fraction of sp³-hybridized carbons (Fsp3) is 0.167. The summed E-state index contributed by atoms with van der Waals surface area (Å²) in [7, 11) is -7.88. The second kappa shape index (κ2) is 5.85. The van der Waals surface area contributed by atoms with Gasteiger partial charge >= 0.3 is 0 Å². The van der Waals surface area contributed by atoms with Gasteiger partial charge in [0.15, 0.2) is 0 Å². The van der Waals surface area contributed by atoms with E-state index in [0.29, 0.717) is 5.56 Å². The molecule has 9 heteroatoms. The first kappa shape index (κ1) is 16.1. The number of thiophene rings is 1. The quantitative estimate of drug-likeness (QED) is 0.803. The molecular formula is C12H14N2O4S3. The Labute approximate surface area is 127 Å². The first-order chi connectivity index (χ1) is 9.72. The normalized spacial score (nSPS) is 12.5. The fourth-order valence-corrected chi connectivity index (χ4v) is 5.05. The van der Waals surface area contributed by atoms with Crippen molar-refractivity contribution in [3.05, 3.63) is 46.8 Å². The van der Waals surface area contributed by atoms with Crippen LogP contribution in [0.5, 0.6) is 0 Å². The highest BCUT2D eigenvalue weighted by Gasteiger charge is 2.21. The molecule has 0 fully saturated rings. The van der Waals surface area contributed by atoms with Gasteiger partial charge in [-0.25, -0.2) is 16.8 Å². The van der Waals surface area contributed by atoms with E-state index in [1.54, 1.807) is 37.4 Å². The van der Waals surface area contributed by atoms with Gasteiger partial charge in [0.25, 0.3) is 20.0 Å². The summed E-state index contributed by atoms with van der Waals surface area (Å²) < 4.78 is 48.2. The van der Waals surface area contributed by atoms with Crippen molar-refractivity contribution in [2.24, 2.45) is 0 Å². The first-order valence-electron chi connectivity index (χ1n) is 5.87. The Kier molecular flexibility index (Phi) is 4.49. The summed E-state index contributed by atoms with van der Waals surface area (Å²) in [4.78, 5) is 3.84. The Balaban J connectivity index is 2.25. The molecule has 0 aliphatic rings. The average Bonchev–Trinajstić information content (AvgIpc) is 2.94. The lowest BCUT2D eigenvalue weighted by Crippen LogP contribution is -2.41. The molecule has 2 aromatic rings. The zero-order valence-electron chi connectivity index (χ0n) is 11.3. The molecule has 1 aromatic carbocycles. The van der Waals surface area contributed by atoms with Crippen molar-refractivity contribution in [3.8, 4) is 0 Å². The van der Waals surface area contributed by atoms with Crippen molar-refractivity contribution >= 4 is 31.4 Å². The predicted octanol–water partition coefficient (Wildman–Crippen LogP) is 1.54. The number of sulfonamides is 2. The van der Waals surface area contributed by atoms with Crippen LogP contribution in [0.4, 0.5) is 0 Å². The van der Waals surface area contributed by atoms with Crippen molar-refractivity contribution in [3.63, 3.8) is 0 Å². The number of aryl methyl sites for hydroxylation is 2. The Hall–Kier alpha value is -1.26. The molecular weight excluding hydrogens is 332 g/mol. The molecule has 0 aliphatic heterocycles.